The van der Waals surface area contributed by atoms with Crippen molar-refractivity contribution < 1.29 is 24.5 Å². The van der Waals surface area contributed by atoms with Gasteiger partial charge in [0.2, 0.25) is 5.95 Å². The number of hydrogen-bond acceptors (Lipinski definition) is 10. The molecule has 0 spiro atoms. The number of fused-ring (bicyclic) bond motifs is 1. The Balaban J connectivity index is 1.36. The van der Waals surface area contributed by atoms with Gasteiger partial charge in [0.1, 0.15) is 35.6 Å². The number of nitrogens with zero attached hydrogens (tertiary/aromatic N) is 4. The minimum absolute atomic E-state index is 0.189. The summed E-state index contributed by atoms with van der Waals surface area (Å²) in [5.41, 5.74) is 1.54. The fourth-order valence-corrected chi connectivity index (χ4v) is 6.17. The van der Waals surface area contributed by atoms with E-state index in [0.29, 0.717) is 22.6 Å². The van der Waals surface area contributed by atoms with E-state index in [1.807, 2.05) is 41.8 Å². The molecule has 1 fully saturated rings. The van der Waals surface area contributed by atoms with Crippen molar-refractivity contribution in [3.63, 3.8) is 0 Å². The molecule has 38 heavy (non-hydrogen) atoms. The third-order valence-corrected chi connectivity index (χ3v) is 8.27. The molecule has 1 aromatic carbocycles. The third kappa shape index (κ3) is 4.79. The van der Waals surface area contributed by atoms with Crippen molar-refractivity contribution in [1.29, 1.82) is 0 Å². The monoisotopic (exact) mass is 549 g/mol. The van der Waals surface area contributed by atoms with Crippen LogP contribution < -0.4 is 10.1 Å². The van der Waals surface area contributed by atoms with Crippen molar-refractivity contribution in [2.24, 2.45) is 0 Å². The molecule has 5 aromatic rings. The van der Waals surface area contributed by atoms with Gasteiger partial charge in [-0.25, -0.2) is 15.0 Å². The number of imidazole rings is 1. The van der Waals surface area contributed by atoms with Crippen molar-refractivity contribution in [3.05, 3.63) is 66.3 Å². The van der Waals surface area contributed by atoms with Crippen LogP contribution in [-0.2, 0) is 9.53 Å². The van der Waals surface area contributed by atoms with Crippen LogP contribution in [0.2, 0.25) is 0 Å². The molecule has 1 aliphatic rings. The highest BCUT2D eigenvalue weighted by molar-refractivity contribution is 7.23. The van der Waals surface area contributed by atoms with Crippen LogP contribution in [-0.4, -0.2) is 61.1 Å². The van der Waals surface area contributed by atoms with Crippen LogP contribution in [0.15, 0.2) is 66.3 Å². The first-order chi connectivity index (χ1) is 18.6. The number of thiophene rings is 2. The number of nitrogens with one attached hydrogen (secondary N) is 1. The molecule has 0 bridgehead atoms. The average molecular weight is 550 g/mol. The van der Waals surface area contributed by atoms with Crippen molar-refractivity contribution in [1.82, 2.24) is 19.5 Å². The Morgan fingerprint density at radius 2 is 1.95 bits per heavy atom. The average Bonchev–Trinajstić information content (AvgIpc) is 3.73. The van der Waals surface area contributed by atoms with Gasteiger partial charge in [0, 0.05) is 16.2 Å². The Bertz CT molecular complexity index is 1550. The summed E-state index contributed by atoms with van der Waals surface area (Å²) < 4.78 is 13.1. The van der Waals surface area contributed by atoms with Crippen LogP contribution in [0.3, 0.4) is 0 Å². The van der Waals surface area contributed by atoms with Gasteiger partial charge >= 0.3 is 0 Å². The minimum Gasteiger partial charge on any atom is -0.484 e. The molecule has 12 heteroatoms. The Morgan fingerprint density at radius 1 is 1.11 bits per heavy atom. The molecule has 0 saturated carbocycles. The topological polar surface area (TPSA) is 132 Å². The summed E-state index contributed by atoms with van der Waals surface area (Å²) in [6.45, 7) is -0.563. The van der Waals surface area contributed by atoms with Gasteiger partial charge in [-0.3, -0.25) is 14.7 Å². The van der Waals surface area contributed by atoms with Crippen LogP contribution >= 0.6 is 22.7 Å². The van der Waals surface area contributed by atoms with Gasteiger partial charge in [0.25, 0.3) is 5.91 Å². The number of amides is 1. The normalized spacial score (nSPS) is 19.2. The van der Waals surface area contributed by atoms with E-state index in [1.54, 1.807) is 39.4 Å². The second-order valence-corrected chi connectivity index (χ2v) is 10.6. The zero-order valence-corrected chi connectivity index (χ0v) is 21.6. The van der Waals surface area contributed by atoms with E-state index in [4.69, 9.17) is 14.5 Å². The predicted octanol–water partition coefficient (Wildman–Crippen LogP) is 3.94. The Labute approximate surface area is 225 Å². The summed E-state index contributed by atoms with van der Waals surface area (Å²) in [6.07, 6.45) is -0.695. The Kier molecular flexibility index (Phi) is 6.87. The molecular weight excluding hydrogens is 526 g/mol. The molecule has 1 aliphatic heterocycles. The number of carbonyl (C=O) groups is 1. The lowest BCUT2D eigenvalue weighted by molar-refractivity contribution is -0.118. The smallest absolute Gasteiger partial charge is 0.264 e. The van der Waals surface area contributed by atoms with Crippen LogP contribution in [0.4, 0.5) is 5.95 Å². The highest BCUT2D eigenvalue weighted by atomic mass is 32.1. The second-order valence-electron chi connectivity index (χ2n) is 8.61. The molecule has 3 atom stereocenters. The minimum atomic E-state index is -0.876. The van der Waals surface area contributed by atoms with Gasteiger partial charge in [-0.15, -0.1) is 22.7 Å². The van der Waals surface area contributed by atoms with Gasteiger partial charge < -0.3 is 19.7 Å². The number of benzene rings is 1. The number of hydrogen-bond donors (Lipinski definition) is 3. The summed E-state index contributed by atoms with van der Waals surface area (Å²) >= 11 is 3.25. The van der Waals surface area contributed by atoms with E-state index in [1.165, 1.54) is 6.33 Å². The number of aromatic nitrogens is 4. The second kappa shape index (κ2) is 10.6. The molecule has 0 unspecified atom stereocenters. The van der Waals surface area contributed by atoms with Crippen LogP contribution in [0.25, 0.3) is 31.5 Å². The largest absolute Gasteiger partial charge is 0.484 e. The molecular formula is C26H23N5O5S2. The van der Waals surface area contributed by atoms with Gasteiger partial charge in [-0.2, -0.15) is 0 Å². The maximum atomic E-state index is 12.9. The summed E-state index contributed by atoms with van der Waals surface area (Å²) in [5, 5.41) is 24.8. The quantitative estimate of drug-likeness (QED) is 0.265. The van der Waals surface area contributed by atoms with Gasteiger partial charge in [-0.05, 0) is 35.7 Å². The molecule has 3 N–H and O–H groups in total. The molecule has 5 heterocycles. The van der Waals surface area contributed by atoms with E-state index in [-0.39, 0.29) is 25.6 Å². The van der Waals surface area contributed by atoms with E-state index in [9.17, 15) is 15.0 Å². The van der Waals surface area contributed by atoms with Crippen molar-refractivity contribution in [2.75, 3.05) is 18.5 Å². The van der Waals surface area contributed by atoms with E-state index in [0.717, 1.165) is 14.6 Å². The standard InChI is InChI=1S/C26H23N5O5S2/c32-12-17-16(33)11-22(36-17)31-25-24(30-26(31)29-21(34)13-35-15-5-2-1-3-6-15)23(27-14-28-25)20-9-8-19(38-20)18-7-4-10-37-18/h1-10,14,16-17,22,32-33H,11-13H2,(H,29,30,34)/t16-,17+,22+/m0/s1. The van der Waals surface area contributed by atoms with Crippen molar-refractivity contribution in [2.45, 2.75) is 24.9 Å². The van der Waals surface area contributed by atoms with E-state index in [2.05, 4.69) is 21.4 Å². The number of ether oxygens (including phenoxy) is 2. The molecule has 10 nitrogen and oxygen atoms in total. The summed E-state index contributed by atoms with van der Waals surface area (Å²) in [6, 6.07) is 17.1. The number of anilines is 1. The van der Waals surface area contributed by atoms with Crippen molar-refractivity contribution in [3.8, 4) is 26.1 Å². The third-order valence-electron chi connectivity index (χ3n) is 6.12. The molecule has 0 aliphatic carbocycles. The summed E-state index contributed by atoms with van der Waals surface area (Å²) in [5.74, 6) is 0.332. The lowest BCUT2D eigenvalue weighted by Gasteiger charge is -2.17. The number of aliphatic hydroxyl groups excluding tert-OH is 2. The van der Waals surface area contributed by atoms with Gasteiger partial charge in [0.05, 0.1) is 17.6 Å². The zero-order valence-electron chi connectivity index (χ0n) is 19.9. The first-order valence-corrected chi connectivity index (χ1v) is 13.6. The fourth-order valence-electron chi connectivity index (χ4n) is 4.33. The number of carbonyl (C=O) groups excluding carboxylic acids is 1. The molecule has 1 saturated heterocycles. The molecule has 194 valence electrons. The zero-order chi connectivity index (χ0) is 26.1. The summed E-state index contributed by atoms with van der Waals surface area (Å²) in [7, 11) is 0. The Hall–Kier alpha value is -3.68. The van der Waals surface area contributed by atoms with E-state index < -0.39 is 24.3 Å². The summed E-state index contributed by atoms with van der Waals surface area (Å²) in [4.78, 5) is 29.7. The highest BCUT2D eigenvalue weighted by Crippen LogP contribution is 2.40. The number of rotatable bonds is 8. The Morgan fingerprint density at radius 3 is 2.71 bits per heavy atom. The van der Waals surface area contributed by atoms with Crippen LogP contribution in [0.5, 0.6) is 5.75 Å². The first kappa shape index (κ1) is 24.6. The molecule has 4 aromatic heterocycles. The number of aliphatic hydroxyl groups is 2. The number of para-hydroxylation sites is 1. The molecule has 1 amide bonds. The molecule has 6 rings (SSSR count). The SMILES string of the molecule is O=C(COc1ccccc1)Nc1nc2c(-c3ccc(-c4cccs4)s3)ncnc2n1[C@H]1C[C@H](O)[C@@H](CO)O1. The van der Waals surface area contributed by atoms with E-state index >= 15 is 0 Å². The lowest BCUT2D eigenvalue weighted by Crippen LogP contribution is -2.25. The highest BCUT2D eigenvalue weighted by Gasteiger charge is 2.37. The van der Waals surface area contributed by atoms with Crippen LogP contribution in [0, 0.1) is 0 Å². The maximum absolute atomic E-state index is 12.9. The van der Waals surface area contributed by atoms with Gasteiger partial charge in [0.15, 0.2) is 12.3 Å². The predicted molar refractivity (Wildman–Crippen MR) is 144 cm³/mol. The molecule has 0 radical (unpaired) electrons. The van der Waals surface area contributed by atoms with Gasteiger partial charge in [-0.1, -0.05) is 24.3 Å². The first-order valence-electron chi connectivity index (χ1n) is 11.9. The van der Waals surface area contributed by atoms with Crippen LogP contribution in [0.1, 0.15) is 12.6 Å². The maximum Gasteiger partial charge on any atom is 0.264 e. The lowest BCUT2D eigenvalue weighted by atomic mass is 10.2. The fraction of sp³-hybridized carbons (Fsp3) is 0.231. The van der Waals surface area contributed by atoms with Crippen molar-refractivity contribution >= 4 is 45.7 Å².